The number of halogens is 8. The van der Waals surface area contributed by atoms with Crippen LogP contribution in [0.25, 0.3) is 0 Å². The number of carboxylic acids is 2. The summed E-state index contributed by atoms with van der Waals surface area (Å²) in [5.74, 6) is -6.52. The van der Waals surface area contributed by atoms with Gasteiger partial charge in [0.15, 0.2) is 0 Å². The van der Waals surface area contributed by atoms with Gasteiger partial charge in [0.25, 0.3) is 5.91 Å². The number of aliphatic carboxylic acids is 2. The highest BCUT2D eigenvalue weighted by molar-refractivity contribution is 6.30. The molecule has 2 saturated heterocycles. The number of hydrogen-bond acceptors (Lipinski definition) is 7. The molecule has 2 amide bonds. The van der Waals surface area contributed by atoms with Crippen LogP contribution < -0.4 is 10.6 Å². The van der Waals surface area contributed by atoms with Crippen molar-refractivity contribution in [2.24, 2.45) is 0 Å². The van der Waals surface area contributed by atoms with Crippen LogP contribution in [-0.2, 0) is 20.9 Å². The molecule has 1 spiro atoms. The Morgan fingerprint density at radius 1 is 1.02 bits per heavy atom. The molecule has 248 valence electrons. The van der Waals surface area contributed by atoms with E-state index in [4.69, 9.17) is 31.4 Å². The van der Waals surface area contributed by atoms with E-state index < -0.39 is 41.6 Å². The summed E-state index contributed by atoms with van der Waals surface area (Å²) in [5, 5.41) is 20.3. The number of hydrogen-bond donors (Lipinski definition) is 4. The molecule has 11 nitrogen and oxygen atoms in total. The minimum atomic E-state index is -5.08. The second-order valence-corrected chi connectivity index (χ2v) is 10.0. The van der Waals surface area contributed by atoms with E-state index in [-0.39, 0.29) is 16.5 Å². The van der Waals surface area contributed by atoms with Gasteiger partial charge in [-0.2, -0.15) is 26.3 Å². The topological polar surface area (TPSA) is 152 Å². The molecule has 2 aromatic rings. The second-order valence-electron chi connectivity index (χ2n) is 9.58. The Morgan fingerprint density at radius 3 is 2.09 bits per heavy atom. The van der Waals surface area contributed by atoms with Gasteiger partial charge in [0.2, 0.25) is 5.91 Å². The number of amides is 2. The van der Waals surface area contributed by atoms with Gasteiger partial charge in [-0.3, -0.25) is 19.5 Å². The number of nitrogens with one attached hydrogen (secondary N) is 2. The van der Waals surface area contributed by atoms with Crippen molar-refractivity contribution in [3.05, 3.63) is 64.7 Å². The summed E-state index contributed by atoms with van der Waals surface area (Å²) in [7, 11) is 0. The lowest BCUT2D eigenvalue weighted by molar-refractivity contribution is -0.193. The quantitative estimate of drug-likeness (QED) is 0.339. The number of piperidine rings is 1. The van der Waals surface area contributed by atoms with Crippen LogP contribution in [0, 0.1) is 5.82 Å². The molecule has 4 N–H and O–H groups in total. The highest BCUT2D eigenvalue weighted by Gasteiger charge is 2.49. The van der Waals surface area contributed by atoms with Crippen molar-refractivity contribution in [1.29, 1.82) is 0 Å². The van der Waals surface area contributed by atoms with Crippen LogP contribution in [0.3, 0.4) is 0 Å². The standard InChI is InChI=1S/C22H25ClFN5O2.2C2HF3O2/c23-17-3-4-18(19(24)12-17)20(30)26-8-11-28-9-5-22(6-10-28)21(31)27-15-29(22)14-16-2-1-7-25-13-16;2*3-2(4,5)1(6)7/h1-4,7,12-13H,5-6,8-11,14-15H2,(H,26,30)(H,27,31);2*(H,6,7). The molecular weight excluding hydrogens is 647 g/mol. The number of benzene rings is 1. The molecule has 2 aliphatic rings. The summed E-state index contributed by atoms with van der Waals surface area (Å²) < 4.78 is 77.4. The Bertz CT molecular complexity index is 1320. The number of aromatic nitrogens is 1. The number of carbonyl (C=O) groups is 4. The Hall–Kier alpha value is -4.03. The third-order valence-corrected chi connectivity index (χ3v) is 6.85. The van der Waals surface area contributed by atoms with Crippen LogP contribution in [0.15, 0.2) is 42.7 Å². The van der Waals surface area contributed by atoms with Gasteiger partial charge in [-0.15, -0.1) is 0 Å². The van der Waals surface area contributed by atoms with E-state index >= 15 is 0 Å². The average molecular weight is 674 g/mol. The molecule has 2 aliphatic heterocycles. The van der Waals surface area contributed by atoms with Crippen LogP contribution in [-0.4, -0.2) is 99.5 Å². The Morgan fingerprint density at radius 2 is 1.60 bits per heavy atom. The van der Waals surface area contributed by atoms with Crippen molar-refractivity contribution < 1.29 is 60.1 Å². The lowest BCUT2D eigenvalue weighted by Crippen LogP contribution is -2.56. The molecule has 0 atom stereocenters. The summed E-state index contributed by atoms with van der Waals surface area (Å²) in [4.78, 5) is 51.3. The Kier molecular flexibility index (Phi) is 13.1. The molecule has 0 bridgehead atoms. The third kappa shape index (κ3) is 11.1. The fourth-order valence-electron chi connectivity index (χ4n) is 4.33. The van der Waals surface area contributed by atoms with Gasteiger partial charge in [0.05, 0.1) is 12.2 Å². The van der Waals surface area contributed by atoms with Crippen LogP contribution >= 0.6 is 11.6 Å². The molecule has 3 heterocycles. The van der Waals surface area contributed by atoms with Crippen LogP contribution in [0.4, 0.5) is 30.7 Å². The SMILES string of the molecule is O=C(NCCN1CCC2(CC1)C(=O)NCN2Cc1cccnc1)c1ccc(Cl)cc1F.O=C(O)C(F)(F)F.O=C(O)C(F)(F)F. The van der Waals surface area contributed by atoms with Gasteiger partial charge in [-0.25, -0.2) is 14.0 Å². The van der Waals surface area contributed by atoms with Crippen LogP contribution in [0.1, 0.15) is 28.8 Å². The highest BCUT2D eigenvalue weighted by atomic mass is 35.5. The van der Waals surface area contributed by atoms with Crippen molar-refractivity contribution in [2.45, 2.75) is 37.3 Å². The maximum atomic E-state index is 13.9. The monoisotopic (exact) mass is 673 g/mol. The normalized spacial score (nSPS) is 16.5. The maximum absolute atomic E-state index is 13.9. The van der Waals surface area contributed by atoms with E-state index in [0.717, 1.165) is 37.6 Å². The molecule has 0 unspecified atom stereocenters. The first kappa shape index (κ1) is 37.2. The first-order valence-corrected chi connectivity index (χ1v) is 13.2. The number of nitrogens with zero attached hydrogens (tertiary/aromatic N) is 3. The zero-order chi connectivity index (χ0) is 34.0. The number of carboxylic acid groups (broad SMARTS) is 2. The smallest absolute Gasteiger partial charge is 0.475 e. The first-order chi connectivity index (χ1) is 20.9. The summed E-state index contributed by atoms with van der Waals surface area (Å²) in [6, 6.07) is 7.93. The van der Waals surface area contributed by atoms with Gasteiger partial charge in [-0.1, -0.05) is 17.7 Å². The average Bonchev–Trinajstić information content (AvgIpc) is 3.23. The molecule has 45 heavy (non-hydrogen) atoms. The predicted molar refractivity (Wildman–Crippen MR) is 142 cm³/mol. The number of carbonyl (C=O) groups excluding carboxylic acids is 2. The van der Waals surface area contributed by atoms with Crippen LogP contribution in [0.5, 0.6) is 0 Å². The summed E-state index contributed by atoms with van der Waals surface area (Å²) >= 11 is 5.73. The fraction of sp³-hybridized carbons (Fsp3) is 0.423. The lowest BCUT2D eigenvalue weighted by atomic mass is 9.86. The highest BCUT2D eigenvalue weighted by Crippen LogP contribution is 2.33. The van der Waals surface area contributed by atoms with Crippen molar-refractivity contribution in [3.63, 3.8) is 0 Å². The number of pyridine rings is 1. The van der Waals surface area contributed by atoms with Gasteiger partial charge >= 0.3 is 24.3 Å². The largest absolute Gasteiger partial charge is 0.490 e. The first-order valence-electron chi connectivity index (χ1n) is 12.8. The van der Waals surface area contributed by atoms with Crippen molar-refractivity contribution in [2.75, 3.05) is 32.8 Å². The molecular formula is C26H27ClF7N5O6. The molecule has 4 rings (SSSR count). The summed E-state index contributed by atoms with van der Waals surface area (Å²) in [5.41, 5.74) is 0.566. The number of rotatable bonds is 6. The van der Waals surface area contributed by atoms with Gasteiger partial charge < -0.3 is 25.7 Å². The Balaban J connectivity index is 0.000000421. The summed E-state index contributed by atoms with van der Waals surface area (Å²) in [6.07, 6.45) is -5.15. The van der Waals surface area contributed by atoms with Gasteiger partial charge in [0, 0.05) is 50.1 Å². The molecule has 0 aliphatic carbocycles. The maximum Gasteiger partial charge on any atom is 0.490 e. The molecule has 2 fully saturated rings. The molecule has 19 heteroatoms. The van der Waals surface area contributed by atoms with Gasteiger partial charge in [0.1, 0.15) is 11.4 Å². The fourth-order valence-corrected chi connectivity index (χ4v) is 4.49. The third-order valence-electron chi connectivity index (χ3n) is 6.61. The van der Waals surface area contributed by atoms with E-state index in [1.165, 1.54) is 12.1 Å². The van der Waals surface area contributed by atoms with E-state index in [2.05, 4.69) is 25.4 Å². The molecule has 0 radical (unpaired) electrons. The number of likely N-dealkylation sites (tertiary alicyclic amines) is 1. The van der Waals surface area contributed by atoms with Crippen LogP contribution in [0.2, 0.25) is 5.02 Å². The van der Waals surface area contributed by atoms with Crippen molar-refractivity contribution in [1.82, 2.24) is 25.4 Å². The van der Waals surface area contributed by atoms with E-state index in [0.29, 0.717) is 26.3 Å². The van der Waals surface area contributed by atoms with Crippen molar-refractivity contribution >= 4 is 35.4 Å². The predicted octanol–water partition coefficient (Wildman–Crippen LogP) is 3.29. The lowest BCUT2D eigenvalue weighted by Gasteiger charge is -2.42. The molecule has 1 aromatic heterocycles. The van der Waals surface area contributed by atoms with Gasteiger partial charge in [-0.05, 0) is 42.7 Å². The number of alkyl halides is 6. The summed E-state index contributed by atoms with van der Waals surface area (Å²) in [6.45, 7) is 3.76. The zero-order valence-electron chi connectivity index (χ0n) is 23.1. The van der Waals surface area contributed by atoms with E-state index in [1.54, 1.807) is 6.20 Å². The minimum Gasteiger partial charge on any atom is -0.475 e. The van der Waals surface area contributed by atoms with E-state index in [1.807, 2.05) is 18.3 Å². The van der Waals surface area contributed by atoms with Crippen molar-refractivity contribution in [3.8, 4) is 0 Å². The molecule has 0 saturated carbocycles. The second kappa shape index (κ2) is 15.8. The molecule has 1 aromatic carbocycles. The minimum absolute atomic E-state index is 0.0179. The Labute approximate surface area is 255 Å². The van der Waals surface area contributed by atoms with E-state index in [9.17, 15) is 40.3 Å². The zero-order valence-corrected chi connectivity index (χ0v) is 23.8.